The summed E-state index contributed by atoms with van der Waals surface area (Å²) in [7, 11) is 1.63. The molecule has 3 nitrogen and oxygen atoms in total. The van der Waals surface area contributed by atoms with Crippen LogP contribution in [-0.2, 0) is 16.0 Å². The van der Waals surface area contributed by atoms with Crippen LogP contribution in [0.4, 0.5) is 0 Å². The SMILES string of the molecule is COCC(C)SC(Cc1ccccc1)C(=O)O. The molecule has 0 bridgehead atoms. The van der Waals surface area contributed by atoms with Crippen molar-refractivity contribution in [3.8, 4) is 0 Å². The normalized spacial score (nSPS) is 14.2. The fourth-order valence-corrected chi connectivity index (χ4v) is 2.76. The van der Waals surface area contributed by atoms with E-state index >= 15 is 0 Å². The molecule has 0 aliphatic carbocycles. The Morgan fingerprint density at radius 1 is 1.41 bits per heavy atom. The van der Waals surface area contributed by atoms with Crippen LogP contribution in [0.1, 0.15) is 12.5 Å². The Labute approximate surface area is 106 Å². The van der Waals surface area contributed by atoms with E-state index in [1.54, 1.807) is 7.11 Å². The number of carbonyl (C=O) groups is 1. The monoisotopic (exact) mass is 254 g/mol. The number of methoxy groups -OCH3 is 1. The Morgan fingerprint density at radius 3 is 2.59 bits per heavy atom. The summed E-state index contributed by atoms with van der Waals surface area (Å²) in [5, 5.41) is 8.96. The number of hydrogen-bond donors (Lipinski definition) is 1. The third kappa shape index (κ3) is 5.24. The van der Waals surface area contributed by atoms with Gasteiger partial charge in [0, 0.05) is 12.4 Å². The number of carboxylic acids is 1. The highest BCUT2D eigenvalue weighted by atomic mass is 32.2. The van der Waals surface area contributed by atoms with Gasteiger partial charge in [0.2, 0.25) is 0 Å². The minimum atomic E-state index is -0.762. The lowest BCUT2D eigenvalue weighted by Gasteiger charge is -2.16. The zero-order valence-electron chi connectivity index (χ0n) is 10.1. The predicted octanol–water partition coefficient (Wildman–Crippen LogP) is 2.45. The molecule has 17 heavy (non-hydrogen) atoms. The Hall–Kier alpha value is -1.00. The fourth-order valence-electron chi connectivity index (χ4n) is 1.58. The van der Waals surface area contributed by atoms with E-state index in [1.165, 1.54) is 11.8 Å². The molecule has 2 unspecified atom stereocenters. The molecule has 1 N–H and O–H groups in total. The van der Waals surface area contributed by atoms with Gasteiger partial charge in [0.1, 0.15) is 5.25 Å². The van der Waals surface area contributed by atoms with E-state index in [1.807, 2.05) is 37.3 Å². The second-order valence-corrected chi connectivity index (χ2v) is 5.56. The molecule has 94 valence electrons. The van der Waals surface area contributed by atoms with Crippen molar-refractivity contribution < 1.29 is 14.6 Å². The molecule has 0 saturated carbocycles. The number of thioether (sulfide) groups is 1. The van der Waals surface area contributed by atoms with Crippen molar-refractivity contribution in [2.45, 2.75) is 23.8 Å². The van der Waals surface area contributed by atoms with Gasteiger partial charge in [0.25, 0.3) is 0 Å². The second kappa shape index (κ2) is 7.35. The smallest absolute Gasteiger partial charge is 0.316 e. The van der Waals surface area contributed by atoms with E-state index in [4.69, 9.17) is 4.74 Å². The van der Waals surface area contributed by atoms with Crippen LogP contribution >= 0.6 is 11.8 Å². The van der Waals surface area contributed by atoms with E-state index in [0.29, 0.717) is 13.0 Å². The summed E-state index contributed by atoms with van der Waals surface area (Å²) < 4.78 is 5.02. The van der Waals surface area contributed by atoms with Gasteiger partial charge in [-0.3, -0.25) is 4.79 Å². The van der Waals surface area contributed by atoms with E-state index in [0.717, 1.165) is 5.56 Å². The summed E-state index contributed by atoms with van der Waals surface area (Å²) in [6.07, 6.45) is 0.550. The highest BCUT2D eigenvalue weighted by Gasteiger charge is 2.21. The molecule has 0 amide bonds. The molecular formula is C13H18O3S. The molecule has 1 aromatic rings. The molecule has 0 aliphatic heterocycles. The van der Waals surface area contributed by atoms with Crippen LogP contribution in [0.5, 0.6) is 0 Å². The number of rotatable bonds is 7. The van der Waals surface area contributed by atoms with Gasteiger partial charge in [0.05, 0.1) is 6.61 Å². The lowest BCUT2D eigenvalue weighted by Crippen LogP contribution is -2.23. The van der Waals surface area contributed by atoms with Crippen LogP contribution in [0, 0.1) is 0 Å². The number of hydrogen-bond acceptors (Lipinski definition) is 3. The first-order valence-corrected chi connectivity index (χ1v) is 6.49. The van der Waals surface area contributed by atoms with Crippen LogP contribution in [0.25, 0.3) is 0 Å². The summed E-state index contributed by atoms with van der Waals surface area (Å²) in [6, 6.07) is 9.70. The topological polar surface area (TPSA) is 46.5 Å². The second-order valence-electron chi connectivity index (χ2n) is 3.92. The van der Waals surface area contributed by atoms with Gasteiger partial charge in [-0.2, -0.15) is 0 Å². The molecule has 1 aromatic carbocycles. The highest BCUT2D eigenvalue weighted by Crippen LogP contribution is 2.22. The third-order valence-electron chi connectivity index (χ3n) is 2.34. The number of benzene rings is 1. The average Bonchev–Trinajstić information content (AvgIpc) is 2.29. The Kier molecular flexibility index (Phi) is 6.08. The van der Waals surface area contributed by atoms with Crippen LogP contribution < -0.4 is 0 Å². The molecule has 0 heterocycles. The zero-order valence-corrected chi connectivity index (χ0v) is 10.9. The fraction of sp³-hybridized carbons (Fsp3) is 0.462. The maximum atomic E-state index is 11.2. The van der Waals surface area contributed by atoms with Crippen molar-refractivity contribution in [2.75, 3.05) is 13.7 Å². The molecule has 0 spiro atoms. The molecule has 0 saturated heterocycles. The first-order chi connectivity index (χ1) is 8.13. The van der Waals surface area contributed by atoms with Gasteiger partial charge >= 0.3 is 5.97 Å². The van der Waals surface area contributed by atoms with Crippen LogP contribution in [0.2, 0.25) is 0 Å². The zero-order chi connectivity index (χ0) is 12.7. The first kappa shape index (κ1) is 14.1. The predicted molar refractivity (Wildman–Crippen MR) is 70.5 cm³/mol. The van der Waals surface area contributed by atoms with E-state index in [2.05, 4.69) is 0 Å². The molecular weight excluding hydrogens is 236 g/mol. The summed E-state index contributed by atoms with van der Waals surface area (Å²) in [5.41, 5.74) is 1.05. The van der Waals surface area contributed by atoms with Gasteiger partial charge < -0.3 is 9.84 Å². The van der Waals surface area contributed by atoms with Crippen molar-refractivity contribution in [1.82, 2.24) is 0 Å². The molecule has 1 rings (SSSR count). The van der Waals surface area contributed by atoms with Gasteiger partial charge in [-0.15, -0.1) is 11.8 Å². The molecule has 0 fully saturated rings. The lowest BCUT2D eigenvalue weighted by atomic mass is 10.1. The van der Waals surface area contributed by atoms with Crippen molar-refractivity contribution in [1.29, 1.82) is 0 Å². The van der Waals surface area contributed by atoms with Gasteiger partial charge in [-0.05, 0) is 12.0 Å². The number of ether oxygens (including phenoxy) is 1. The van der Waals surface area contributed by atoms with Crippen LogP contribution in [0.3, 0.4) is 0 Å². The van der Waals surface area contributed by atoms with E-state index in [9.17, 15) is 9.90 Å². The van der Waals surface area contributed by atoms with Crippen molar-refractivity contribution in [2.24, 2.45) is 0 Å². The lowest BCUT2D eigenvalue weighted by molar-refractivity contribution is -0.136. The Morgan fingerprint density at radius 2 is 2.06 bits per heavy atom. The van der Waals surface area contributed by atoms with Crippen molar-refractivity contribution in [3.63, 3.8) is 0 Å². The standard InChI is InChI=1S/C13H18O3S/c1-10(9-16-2)17-12(13(14)15)8-11-6-4-3-5-7-11/h3-7,10,12H,8-9H2,1-2H3,(H,14,15). The maximum Gasteiger partial charge on any atom is 0.316 e. The third-order valence-corrected chi connectivity index (χ3v) is 3.63. The van der Waals surface area contributed by atoms with Crippen molar-refractivity contribution >= 4 is 17.7 Å². The largest absolute Gasteiger partial charge is 0.480 e. The molecule has 2 atom stereocenters. The quantitative estimate of drug-likeness (QED) is 0.812. The maximum absolute atomic E-state index is 11.2. The number of carboxylic acid groups (broad SMARTS) is 1. The summed E-state index contributed by atoms with van der Waals surface area (Å²) in [4.78, 5) is 11.2. The average molecular weight is 254 g/mol. The summed E-state index contributed by atoms with van der Waals surface area (Å²) in [6.45, 7) is 2.55. The molecule has 0 radical (unpaired) electrons. The molecule has 0 aromatic heterocycles. The van der Waals surface area contributed by atoms with Crippen LogP contribution in [-0.4, -0.2) is 35.3 Å². The van der Waals surface area contributed by atoms with E-state index in [-0.39, 0.29) is 5.25 Å². The number of aliphatic carboxylic acids is 1. The van der Waals surface area contributed by atoms with Gasteiger partial charge in [0.15, 0.2) is 0 Å². The van der Waals surface area contributed by atoms with Gasteiger partial charge in [-0.25, -0.2) is 0 Å². The minimum absolute atomic E-state index is 0.185. The summed E-state index contributed by atoms with van der Waals surface area (Å²) in [5.74, 6) is -0.762. The Bertz CT molecular complexity index is 340. The van der Waals surface area contributed by atoms with E-state index < -0.39 is 11.2 Å². The summed E-state index contributed by atoms with van der Waals surface area (Å²) >= 11 is 1.45. The van der Waals surface area contributed by atoms with Gasteiger partial charge in [-0.1, -0.05) is 37.3 Å². The van der Waals surface area contributed by atoms with Crippen LogP contribution in [0.15, 0.2) is 30.3 Å². The minimum Gasteiger partial charge on any atom is -0.480 e. The highest BCUT2D eigenvalue weighted by molar-refractivity contribution is 8.01. The molecule has 0 aliphatic rings. The first-order valence-electron chi connectivity index (χ1n) is 5.54. The Balaban J connectivity index is 2.58. The molecule has 4 heteroatoms. The van der Waals surface area contributed by atoms with Crippen molar-refractivity contribution in [3.05, 3.63) is 35.9 Å².